The summed E-state index contributed by atoms with van der Waals surface area (Å²) < 4.78 is 17.8. The molecule has 0 spiro atoms. The SMILES string of the molecule is CCN(CCN(C)CCn1ncc(-c2n[nH]c(-c3ccco3)n2)c1N)c1ccc(OCCOC)cc1. The minimum atomic E-state index is 0.493. The van der Waals surface area contributed by atoms with Crippen LogP contribution in [-0.4, -0.2) is 83.4 Å². The number of nitrogens with one attached hydrogen (secondary N) is 1. The Morgan fingerprint density at radius 3 is 2.67 bits per heavy atom. The van der Waals surface area contributed by atoms with Gasteiger partial charge in [0.25, 0.3) is 0 Å². The van der Waals surface area contributed by atoms with Gasteiger partial charge in [-0.25, -0.2) is 9.67 Å². The van der Waals surface area contributed by atoms with Gasteiger partial charge in [-0.05, 0) is 50.4 Å². The second-order valence-electron chi connectivity index (χ2n) is 8.37. The molecular weight excluding hydrogens is 460 g/mol. The van der Waals surface area contributed by atoms with Crippen LogP contribution >= 0.6 is 0 Å². The molecule has 0 bridgehead atoms. The molecule has 0 atom stereocenters. The van der Waals surface area contributed by atoms with E-state index in [0.29, 0.717) is 48.5 Å². The number of nitrogens with two attached hydrogens (primary N) is 1. The van der Waals surface area contributed by atoms with Gasteiger partial charge in [0.1, 0.15) is 18.2 Å². The smallest absolute Gasteiger partial charge is 0.192 e. The number of ether oxygens (including phenoxy) is 2. The largest absolute Gasteiger partial charge is 0.491 e. The van der Waals surface area contributed by atoms with Gasteiger partial charge in [0.15, 0.2) is 17.4 Å². The van der Waals surface area contributed by atoms with E-state index >= 15 is 0 Å². The van der Waals surface area contributed by atoms with Gasteiger partial charge in [0, 0.05) is 39.0 Å². The lowest BCUT2D eigenvalue weighted by atomic mass is 10.2. The molecule has 11 nitrogen and oxygen atoms in total. The summed E-state index contributed by atoms with van der Waals surface area (Å²) in [6.07, 6.45) is 3.29. The molecule has 3 heterocycles. The number of hydrogen-bond donors (Lipinski definition) is 2. The second kappa shape index (κ2) is 12.2. The highest BCUT2D eigenvalue weighted by Gasteiger charge is 2.16. The number of anilines is 2. The van der Waals surface area contributed by atoms with Crippen molar-refractivity contribution in [3.8, 4) is 28.7 Å². The number of hydrogen-bond acceptors (Lipinski definition) is 9. The van der Waals surface area contributed by atoms with Crippen molar-refractivity contribution in [2.45, 2.75) is 13.5 Å². The van der Waals surface area contributed by atoms with Gasteiger partial charge in [-0.15, -0.1) is 0 Å². The summed E-state index contributed by atoms with van der Waals surface area (Å²) in [5.41, 5.74) is 8.22. The summed E-state index contributed by atoms with van der Waals surface area (Å²) in [7, 11) is 3.77. The Labute approximate surface area is 210 Å². The number of furan rings is 1. The van der Waals surface area contributed by atoms with Crippen molar-refractivity contribution in [3.63, 3.8) is 0 Å². The standard InChI is InChI=1S/C25H34N8O3/c1-4-32(19-7-9-20(10-8-19)35-17-16-34-3)13-11-31(2)12-14-33-23(26)21(18-27-33)24-28-25(30-29-24)22-6-5-15-36-22/h5-10,15,18H,4,11-14,16-17,26H2,1-3H3,(H,28,29,30). The number of nitrogen functional groups attached to an aromatic ring is 1. The van der Waals surface area contributed by atoms with E-state index in [4.69, 9.17) is 19.6 Å². The summed E-state index contributed by atoms with van der Waals surface area (Å²) in [5, 5.41) is 11.6. The highest BCUT2D eigenvalue weighted by atomic mass is 16.5. The van der Waals surface area contributed by atoms with Gasteiger partial charge in [-0.2, -0.15) is 10.2 Å². The van der Waals surface area contributed by atoms with Crippen molar-refractivity contribution in [1.82, 2.24) is 29.9 Å². The first-order chi connectivity index (χ1) is 17.6. The number of H-pyrrole nitrogens is 1. The van der Waals surface area contributed by atoms with Crippen LogP contribution in [0.4, 0.5) is 11.5 Å². The number of rotatable bonds is 14. The molecule has 192 valence electrons. The average molecular weight is 495 g/mol. The molecule has 4 aromatic rings. The fourth-order valence-electron chi connectivity index (χ4n) is 3.79. The van der Waals surface area contributed by atoms with Crippen LogP contribution in [0.2, 0.25) is 0 Å². The first-order valence-corrected chi connectivity index (χ1v) is 12.0. The van der Waals surface area contributed by atoms with E-state index in [1.165, 1.54) is 5.69 Å². The van der Waals surface area contributed by atoms with Crippen LogP contribution in [0, 0.1) is 0 Å². The monoisotopic (exact) mass is 494 g/mol. The van der Waals surface area contributed by atoms with Gasteiger partial charge < -0.3 is 29.4 Å². The molecule has 3 aromatic heterocycles. The van der Waals surface area contributed by atoms with Gasteiger partial charge >= 0.3 is 0 Å². The molecule has 0 aliphatic rings. The molecule has 1 aromatic carbocycles. The van der Waals surface area contributed by atoms with Crippen LogP contribution in [0.25, 0.3) is 23.0 Å². The highest BCUT2D eigenvalue weighted by Crippen LogP contribution is 2.25. The summed E-state index contributed by atoms with van der Waals surface area (Å²) in [5.74, 6) is 3.05. The lowest BCUT2D eigenvalue weighted by Crippen LogP contribution is -2.34. The predicted molar refractivity (Wildman–Crippen MR) is 139 cm³/mol. The third-order valence-corrected chi connectivity index (χ3v) is 5.95. The third kappa shape index (κ3) is 6.23. The molecule has 0 saturated heterocycles. The maximum absolute atomic E-state index is 6.36. The minimum absolute atomic E-state index is 0.493. The van der Waals surface area contributed by atoms with E-state index in [9.17, 15) is 0 Å². The maximum atomic E-state index is 6.36. The molecule has 3 N–H and O–H groups in total. The number of benzene rings is 1. The summed E-state index contributed by atoms with van der Waals surface area (Å²) in [6.45, 7) is 7.49. The van der Waals surface area contributed by atoms with E-state index in [1.54, 1.807) is 30.3 Å². The van der Waals surface area contributed by atoms with E-state index in [2.05, 4.69) is 56.2 Å². The zero-order valence-electron chi connectivity index (χ0n) is 21.1. The van der Waals surface area contributed by atoms with Crippen LogP contribution < -0.4 is 15.4 Å². The molecule has 0 aliphatic carbocycles. The van der Waals surface area contributed by atoms with Crippen molar-refractivity contribution in [3.05, 3.63) is 48.9 Å². The molecule has 0 radical (unpaired) electrons. The number of aromatic amines is 1. The zero-order valence-corrected chi connectivity index (χ0v) is 21.1. The number of nitrogens with zero attached hydrogens (tertiary/aromatic N) is 6. The molecule has 0 unspecified atom stereocenters. The fraction of sp³-hybridized carbons (Fsp3) is 0.400. The summed E-state index contributed by atoms with van der Waals surface area (Å²) in [6, 6.07) is 11.8. The van der Waals surface area contributed by atoms with Crippen LogP contribution in [-0.2, 0) is 11.3 Å². The number of likely N-dealkylation sites (N-methyl/N-ethyl adjacent to an activating group) is 2. The van der Waals surface area contributed by atoms with Gasteiger partial charge in [0.05, 0.1) is 31.2 Å². The van der Waals surface area contributed by atoms with E-state index in [0.717, 1.165) is 31.9 Å². The molecule has 0 amide bonds. The predicted octanol–water partition coefficient (Wildman–Crippen LogP) is 2.99. The van der Waals surface area contributed by atoms with Crippen molar-refractivity contribution in [1.29, 1.82) is 0 Å². The third-order valence-electron chi connectivity index (χ3n) is 5.95. The highest BCUT2D eigenvalue weighted by molar-refractivity contribution is 5.68. The first kappa shape index (κ1) is 25.3. The molecule has 11 heteroatoms. The lowest BCUT2D eigenvalue weighted by molar-refractivity contribution is 0.146. The Kier molecular flexibility index (Phi) is 8.58. The Morgan fingerprint density at radius 2 is 1.94 bits per heavy atom. The van der Waals surface area contributed by atoms with Gasteiger partial charge in [-0.1, -0.05) is 0 Å². The first-order valence-electron chi connectivity index (χ1n) is 12.0. The average Bonchev–Trinajstić information content (AvgIpc) is 3.65. The molecule has 4 rings (SSSR count). The molecule has 36 heavy (non-hydrogen) atoms. The molecule has 0 aliphatic heterocycles. The Bertz CT molecular complexity index is 1190. The van der Waals surface area contributed by atoms with E-state index < -0.39 is 0 Å². The molecule has 0 saturated carbocycles. The van der Waals surface area contributed by atoms with Crippen LogP contribution in [0.3, 0.4) is 0 Å². The van der Waals surface area contributed by atoms with Gasteiger partial charge in [0.2, 0.25) is 0 Å². The van der Waals surface area contributed by atoms with Crippen LogP contribution in [0.5, 0.6) is 5.75 Å². The van der Waals surface area contributed by atoms with Crippen LogP contribution in [0.15, 0.2) is 53.3 Å². The normalized spacial score (nSPS) is 11.3. The van der Waals surface area contributed by atoms with E-state index in [-0.39, 0.29) is 0 Å². The quantitative estimate of drug-likeness (QED) is 0.255. The Hall–Kier alpha value is -3.83. The second-order valence-corrected chi connectivity index (χ2v) is 8.37. The Morgan fingerprint density at radius 1 is 1.11 bits per heavy atom. The van der Waals surface area contributed by atoms with Crippen molar-refractivity contribution in [2.24, 2.45) is 0 Å². The topological polar surface area (TPSA) is 123 Å². The van der Waals surface area contributed by atoms with E-state index in [1.807, 2.05) is 18.2 Å². The molecular formula is C25H34N8O3. The Balaban J connectivity index is 1.27. The van der Waals surface area contributed by atoms with Crippen molar-refractivity contribution < 1.29 is 13.9 Å². The van der Waals surface area contributed by atoms with Crippen molar-refractivity contribution in [2.75, 3.05) is 64.2 Å². The minimum Gasteiger partial charge on any atom is -0.491 e. The lowest BCUT2D eigenvalue weighted by Gasteiger charge is -2.26. The fourth-order valence-corrected chi connectivity index (χ4v) is 3.79. The maximum Gasteiger partial charge on any atom is 0.192 e. The zero-order chi connectivity index (χ0) is 25.3. The number of methoxy groups -OCH3 is 1. The van der Waals surface area contributed by atoms with Crippen molar-refractivity contribution >= 4 is 11.5 Å². The number of aromatic nitrogens is 5. The summed E-state index contributed by atoms with van der Waals surface area (Å²) >= 11 is 0. The van der Waals surface area contributed by atoms with Gasteiger partial charge in [-0.3, -0.25) is 5.10 Å². The molecule has 0 fully saturated rings. The summed E-state index contributed by atoms with van der Waals surface area (Å²) in [4.78, 5) is 9.09. The van der Waals surface area contributed by atoms with Crippen LogP contribution in [0.1, 0.15) is 6.92 Å².